The van der Waals surface area contributed by atoms with E-state index in [1.165, 1.54) is 7.11 Å². The molecule has 1 rings (SSSR count). The average molecular weight is 291 g/mol. The lowest BCUT2D eigenvalue weighted by atomic mass is 10.2. The van der Waals surface area contributed by atoms with Gasteiger partial charge in [0.2, 0.25) is 0 Å². The molecule has 1 aromatic rings. The van der Waals surface area contributed by atoms with E-state index in [0.717, 1.165) is 5.69 Å². The van der Waals surface area contributed by atoms with Crippen LogP contribution < -0.4 is 15.8 Å². The van der Waals surface area contributed by atoms with E-state index < -0.39 is 12.0 Å². The average Bonchev–Trinajstić information content (AvgIpc) is 2.50. The molecule has 0 saturated heterocycles. The zero-order chi connectivity index (χ0) is 15.8. The molecule has 0 aromatic heterocycles. The van der Waals surface area contributed by atoms with Crippen molar-refractivity contribution < 1.29 is 14.3 Å². The molecule has 0 heterocycles. The largest absolute Gasteiger partial charge is 0.468 e. The van der Waals surface area contributed by atoms with Crippen LogP contribution in [0.15, 0.2) is 36.9 Å². The Morgan fingerprint density at radius 3 is 2.43 bits per heavy atom. The van der Waals surface area contributed by atoms with Crippen molar-refractivity contribution in [1.29, 1.82) is 0 Å². The number of benzene rings is 1. The molecule has 0 spiro atoms. The highest BCUT2D eigenvalue weighted by atomic mass is 16.5. The lowest BCUT2D eigenvalue weighted by Gasteiger charge is -2.16. The first-order valence-electron chi connectivity index (χ1n) is 6.51. The number of carbonyl (C=O) groups excluding carboxylic acids is 2. The predicted molar refractivity (Wildman–Crippen MR) is 82.0 cm³/mol. The lowest BCUT2D eigenvalue weighted by molar-refractivity contribution is -0.143. The SMILES string of the molecule is C=CC[C@@H](NNC(=O)c1ccc(N(C)C)cc1)C(=O)OC. The number of hydrogen-bond donors (Lipinski definition) is 2. The molecule has 0 bridgehead atoms. The van der Waals surface area contributed by atoms with Crippen molar-refractivity contribution in [2.24, 2.45) is 0 Å². The lowest BCUT2D eigenvalue weighted by Crippen LogP contribution is -2.48. The number of nitrogens with zero attached hydrogens (tertiary/aromatic N) is 1. The fourth-order valence-corrected chi connectivity index (χ4v) is 1.66. The molecule has 0 unspecified atom stereocenters. The Kier molecular flexibility index (Phi) is 6.42. The van der Waals surface area contributed by atoms with Gasteiger partial charge in [-0.1, -0.05) is 6.08 Å². The third-order valence-electron chi connectivity index (χ3n) is 2.89. The summed E-state index contributed by atoms with van der Waals surface area (Å²) >= 11 is 0. The summed E-state index contributed by atoms with van der Waals surface area (Å²) in [7, 11) is 5.14. The summed E-state index contributed by atoms with van der Waals surface area (Å²) < 4.78 is 4.64. The number of ether oxygens (including phenoxy) is 1. The summed E-state index contributed by atoms with van der Waals surface area (Å²) in [6.45, 7) is 3.56. The zero-order valence-corrected chi connectivity index (χ0v) is 12.6. The van der Waals surface area contributed by atoms with Crippen LogP contribution in [0.4, 0.5) is 5.69 Å². The topological polar surface area (TPSA) is 70.7 Å². The van der Waals surface area contributed by atoms with E-state index in [1.807, 2.05) is 31.1 Å². The van der Waals surface area contributed by atoms with Crippen molar-refractivity contribution in [2.75, 3.05) is 26.1 Å². The first-order valence-corrected chi connectivity index (χ1v) is 6.51. The standard InChI is InChI=1S/C15H21N3O3/c1-5-6-13(15(20)21-4)16-17-14(19)11-7-9-12(10-8-11)18(2)3/h5,7-10,13,16H,1,6H2,2-4H3,(H,17,19)/t13-/m1/s1. The molecule has 0 aliphatic carbocycles. The zero-order valence-electron chi connectivity index (χ0n) is 12.6. The van der Waals surface area contributed by atoms with Gasteiger partial charge in [0.25, 0.3) is 5.91 Å². The molecule has 0 saturated carbocycles. The Morgan fingerprint density at radius 2 is 1.95 bits per heavy atom. The van der Waals surface area contributed by atoms with Gasteiger partial charge in [-0.25, -0.2) is 5.43 Å². The highest BCUT2D eigenvalue weighted by Gasteiger charge is 2.18. The van der Waals surface area contributed by atoms with Gasteiger partial charge in [-0.05, 0) is 30.7 Å². The molecule has 6 nitrogen and oxygen atoms in total. The number of hydrogen-bond acceptors (Lipinski definition) is 5. The van der Waals surface area contributed by atoms with Gasteiger partial charge in [-0.2, -0.15) is 0 Å². The van der Waals surface area contributed by atoms with Crippen LogP contribution in [0.2, 0.25) is 0 Å². The van der Waals surface area contributed by atoms with E-state index in [0.29, 0.717) is 12.0 Å². The summed E-state index contributed by atoms with van der Waals surface area (Å²) in [4.78, 5) is 25.4. The van der Waals surface area contributed by atoms with Crippen LogP contribution in [-0.4, -0.2) is 39.1 Å². The Balaban J connectivity index is 2.63. The highest BCUT2D eigenvalue weighted by molar-refractivity contribution is 5.94. The molecule has 0 aliphatic rings. The van der Waals surface area contributed by atoms with E-state index in [2.05, 4.69) is 22.2 Å². The maximum Gasteiger partial charge on any atom is 0.324 e. The second-order valence-electron chi connectivity index (χ2n) is 4.64. The van der Waals surface area contributed by atoms with E-state index in [4.69, 9.17) is 0 Å². The van der Waals surface area contributed by atoms with Crippen molar-refractivity contribution in [3.05, 3.63) is 42.5 Å². The van der Waals surface area contributed by atoms with Crippen molar-refractivity contribution in [2.45, 2.75) is 12.5 Å². The predicted octanol–water partition coefficient (Wildman–Crippen LogP) is 1.10. The number of esters is 1. The number of rotatable bonds is 7. The summed E-state index contributed by atoms with van der Waals surface area (Å²) in [6, 6.07) is 6.46. The first-order chi connectivity index (χ1) is 9.99. The second-order valence-corrected chi connectivity index (χ2v) is 4.64. The number of hydrazine groups is 1. The number of amides is 1. The van der Waals surface area contributed by atoms with E-state index in [-0.39, 0.29) is 5.91 Å². The number of anilines is 1. The molecule has 1 amide bonds. The molecule has 0 aliphatic heterocycles. The Bertz CT molecular complexity index is 497. The number of nitrogens with one attached hydrogen (secondary N) is 2. The molecule has 114 valence electrons. The Morgan fingerprint density at radius 1 is 1.33 bits per heavy atom. The van der Waals surface area contributed by atoms with Crippen LogP contribution in [-0.2, 0) is 9.53 Å². The Hall–Kier alpha value is -2.34. The maximum atomic E-state index is 12.0. The van der Waals surface area contributed by atoms with Crippen LogP contribution >= 0.6 is 0 Å². The second kappa shape index (κ2) is 8.06. The third-order valence-corrected chi connectivity index (χ3v) is 2.89. The molecule has 21 heavy (non-hydrogen) atoms. The number of methoxy groups -OCH3 is 1. The van der Waals surface area contributed by atoms with Gasteiger partial charge in [0, 0.05) is 25.3 Å². The molecule has 0 fully saturated rings. The minimum atomic E-state index is -0.655. The maximum absolute atomic E-state index is 12.0. The first kappa shape index (κ1) is 16.7. The van der Waals surface area contributed by atoms with Gasteiger partial charge in [0.1, 0.15) is 6.04 Å². The molecule has 6 heteroatoms. The van der Waals surface area contributed by atoms with Crippen LogP contribution in [0.5, 0.6) is 0 Å². The minimum Gasteiger partial charge on any atom is -0.468 e. The van der Waals surface area contributed by atoms with Crippen LogP contribution in [0.3, 0.4) is 0 Å². The summed E-state index contributed by atoms with van der Waals surface area (Å²) in [6.07, 6.45) is 1.93. The fraction of sp³-hybridized carbons (Fsp3) is 0.333. The minimum absolute atomic E-state index is 0.321. The molecule has 2 N–H and O–H groups in total. The van der Waals surface area contributed by atoms with Gasteiger partial charge in [-0.15, -0.1) is 6.58 Å². The van der Waals surface area contributed by atoms with Gasteiger partial charge in [0.15, 0.2) is 0 Å². The van der Waals surface area contributed by atoms with E-state index in [1.54, 1.807) is 18.2 Å². The van der Waals surface area contributed by atoms with Crippen molar-refractivity contribution in [1.82, 2.24) is 10.9 Å². The van der Waals surface area contributed by atoms with Gasteiger partial charge in [0.05, 0.1) is 7.11 Å². The molecule has 1 atom stereocenters. The molecular formula is C15H21N3O3. The fourth-order valence-electron chi connectivity index (χ4n) is 1.66. The molecular weight excluding hydrogens is 270 g/mol. The molecule has 1 aromatic carbocycles. The Labute approximate surface area is 124 Å². The van der Waals surface area contributed by atoms with Crippen LogP contribution in [0.1, 0.15) is 16.8 Å². The summed E-state index contributed by atoms with van der Waals surface area (Å²) in [5.41, 5.74) is 6.64. The van der Waals surface area contributed by atoms with Gasteiger partial charge >= 0.3 is 5.97 Å². The van der Waals surface area contributed by atoms with Gasteiger partial charge in [-0.3, -0.25) is 15.0 Å². The quantitative estimate of drug-likeness (QED) is 0.447. The van der Waals surface area contributed by atoms with Crippen LogP contribution in [0.25, 0.3) is 0 Å². The summed E-state index contributed by atoms with van der Waals surface area (Å²) in [5, 5.41) is 0. The van der Waals surface area contributed by atoms with Crippen molar-refractivity contribution in [3.8, 4) is 0 Å². The smallest absolute Gasteiger partial charge is 0.324 e. The van der Waals surface area contributed by atoms with Crippen molar-refractivity contribution >= 4 is 17.6 Å². The number of carbonyl (C=O) groups is 2. The third kappa shape index (κ3) is 4.92. The van der Waals surface area contributed by atoms with Crippen molar-refractivity contribution in [3.63, 3.8) is 0 Å². The van der Waals surface area contributed by atoms with Crippen LogP contribution in [0, 0.1) is 0 Å². The molecule has 0 radical (unpaired) electrons. The highest BCUT2D eigenvalue weighted by Crippen LogP contribution is 2.11. The normalized spacial score (nSPS) is 11.4. The monoisotopic (exact) mass is 291 g/mol. The van der Waals surface area contributed by atoms with E-state index in [9.17, 15) is 9.59 Å². The van der Waals surface area contributed by atoms with Gasteiger partial charge < -0.3 is 9.64 Å². The van der Waals surface area contributed by atoms with E-state index >= 15 is 0 Å². The summed E-state index contributed by atoms with van der Waals surface area (Å²) in [5.74, 6) is -0.781.